The van der Waals surface area contributed by atoms with Crippen LogP contribution in [0.5, 0.6) is 0 Å². The summed E-state index contributed by atoms with van der Waals surface area (Å²) in [5, 5.41) is 21.2. The number of ether oxygens (including phenoxy) is 2. The van der Waals surface area contributed by atoms with E-state index in [2.05, 4.69) is 15.2 Å². The number of fused-ring (bicyclic) bond motifs is 1. The highest BCUT2D eigenvalue weighted by Crippen LogP contribution is 2.39. The Bertz CT molecular complexity index is 1690. The van der Waals surface area contributed by atoms with E-state index >= 15 is 0 Å². The summed E-state index contributed by atoms with van der Waals surface area (Å²) >= 11 is 0. The van der Waals surface area contributed by atoms with Gasteiger partial charge in [-0.25, -0.2) is 4.79 Å². The summed E-state index contributed by atoms with van der Waals surface area (Å²) in [5.41, 5.74) is 4.81. The number of piperidine rings is 1. The number of aliphatic carboxylic acids is 1. The number of para-hydroxylation sites is 2. The number of aromatic nitrogens is 2. The normalized spacial score (nSPS) is 21.1. The van der Waals surface area contributed by atoms with Gasteiger partial charge >= 0.3 is 11.7 Å². The van der Waals surface area contributed by atoms with E-state index in [0.717, 1.165) is 53.7 Å². The van der Waals surface area contributed by atoms with Crippen LogP contribution in [0.4, 0.5) is 5.69 Å². The van der Waals surface area contributed by atoms with Gasteiger partial charge in [0.25, 0.3) is 0 Å². The van der Waals surface area contributed by atoms with Gasteiger partial charge in [0.15, 0.2) is 6.29 Å². The number of hydrogen-bond donors (Lipinski definition) is 4. The first-order chi connectivity index (χ1) is 21.9. The third-order valence-corrected chi connectivity index (χ3v) is 8.63. The van der Waals surface area contributed by atoms with Crippen LogP contribution in [0, 0.1) is 0 Å². The van der Waals surface area contributed by atoms with E-state index in [0.29, 0.717) is 18.7 Å². The first kappa shape index (κ1) is 30.7. The molecule has 3 heterocycles. The number of aliphatic hydroxyl groups excluding tert-OH is 1. The van der Waals surface area contributed by atoms with Crippen molar-refractivity contribution in [2.24, 2.45) is 0 Å². The summed E-state index contributed by atoms with van der Waals surface area (Å²) in [5.74, 6) is -1.40. The van der Waals surface area contributed by atoms with Crippen LogP contribution in [0.15, 0.2) is 77.6 Å². The van der Waals surface area contributed by atoms with Crippen molar-refractivity contribution in [2.75, 3.05) is 25.0 Å². The molecule has 6 rings (SSSR count). The number of imidazole rings is 1. The lowest BCUT2D eigenvalue weighted by Crippen LogP contribution is -2.43. The second-order valence-electron chi connectivity index (χ2n) is 11.8. The minimum Gasteiger partial charge on any atom is -0.481 e. The van der Waals surface area contributed by atoms with E-state index in [4.69, 9.17) is 14.6 Å². The van der Waals surface area contributed by atoms with Crippen LogP contribution in [0.25, 0.3) is 11.0 Å². The maximum atomic E-state index is 12.8. The highest BCUT2D eigenvalue weighted by atomic mass is 16.7. The van der Waals surface area contributed by atoms with Gasteiger partial charge in [0.2, 0.25) is 5.91 Å². The summed E-state index contributed by atoms with van der Waals surface area (Å²) in [6, 6.07) is 22.9. The van der Waals surface area contributed by atoms with Crippen molar-refractivity contribution in [1.29, 1.82) is 0 Å². The highest BCUT2D eigenvalue weighted by Gasteiger charge is 2.34. The lowest BCUT2D eigenvalue weighted by atomic mass is 9.98. The number of rotatable bonds is 10. The number of H-pyrrole nitrogens is 1. The van der Waals surface area contributed by atoms with Gasteiger partial charge in [-0.15, -0.1) is 0 Å². The Hall–Kier alpha value is -4.29. The summed E-state index contributed by atoms with van der Waals surface area (Å²) in [6.07, 6.45) is 0.898. The predicted molar refractivity (Wildman–Crippen MR) is 168 cm³/mol. The number of hydrogen-bond acceptors (Lipinski definition) is 7. The SMILES string of the molecule is O=C(O)CCC(=O)Nc1cccc([C@@H]2O[C@H](CN3CCC(n4c(=O)[nH]c5ccccc54)CC3)C[C@H](c3ccc(CO)cc3)O2)c1. The number of carboxylic acids is 1. The molecule has 2 aliphatic heterocycles. The fourth-order valence-electron chi connectivity index (χ4n) is 6.32. The van der Waals surface area contributed by atoms with E-state index in [1.807, 2.05) is 59.2 Å². The maximum Gasteiger partial charge on any atom is 0.326 e. The van der Waals surface area contributed by atoms with E-state index < -0.39 is 12.3 Å². The molecule has 4 aromatic rings. The van der Waals surface area contributed by atoms with Crippen molar-refractivity contribution >= 4 is 28.6 Å². The van der Waals surface area contributed by atoms with Crippen molar-refractivity contribution in [3.63, 3.8) is 0 Å². The number of carbonyl (C=O) groups excluding carboxylic acids is 1. The Kier molecular flexibility index (Phi) is 9.41. The molecular formula is C34H38N4O7. The zero-order valence-corrected chi connectivity index (χ0v) is 24.9. The maximum absolute atomic E-state index is 12.8. The van der Waals surface area contributed by atoms with E-state index in [1.165, 1.54) is 0 Å². The Labute approximate surface area is 260 Å². The van der Waals surface area contributed by atoms with Crippen molar-refractivity contribution < 1.29 is 29.3 Å². The number of nitrogens with zero attached hydrogens (tertiary/aromatic N) is 2. The fourth-order valence-corrected chi connectivity index (χ4v) is 6.32. The van der Waals surface area contributed by atoms with Crippen LogP contribution in [0.3, 0.4) is 0 Å². The molecule has 0 radical (unpaired) electrons. The molecule has 0 unspecified atom stereocenters. The largest absolute Gasteiger partial charge is 0.481 e. The third kappa shape index (κ3) is 7.34. The van der Waals surface area contributed by atoms with Gasteiger partial charge in [0.05, 0.1) is 36.3 Å². The van der Waals surface area contributed by atoms with Gasteiger partial charge in [-0.1, -0.05) is 48.5 Å². The van der Waals surface area contributed by atoms with Crippen molar-refractivity contribution in [2.45, 2.75) is 63.3 Å². The molecule has 1 amide bonds. The Balaban J connectivity index is 1.16. The van der Waals surface area contributed by atoms with Gasteiger partial charge in [-0.2, -0.15) is 0 Å². The van der Waals surface area contributed by atoms with Crippen LogP contribution in [0.1, 0.15) is 67.2 Å². The van der Waals surface area contributed by atoms with Gasteiger partial charge in [-0.3, -0.25) is 14.2 Å². The number of carbonyl (C=O) groups is 2. The molecule has 11 heteroatoms. The molecule has 3 atom stereocenters. The summed E-state index contributed by atoms with van der Waals surface area (Å²) in [4.78, 5) is 41.2. The van der Waals surface area contributed by atoms with Crippen LogP contribution < -0.4 is 11.0 Å². The van der Waals surface area contributed by atoms with Crippen LogP contribution in [-0.4, -0.2) is 62.3 Å². The number of amides is 1. The number of benzene rings is 3. The Morgan fingerprint density at radius 2 is 1.71 bits per heavy atom. The summed E-state index contributed by atoms with van der Waals surface area (Å²) < 4.78 is 14.9. The molecule has 3 aromatic carbocycles. The lowest BCUT2D eigenvalue weighted by molar-refractivity contribution is -0.253. The minimum absolute atomic E-state index is 0.0359. The zero-order valence-electron chi connectivity index (χ0n) is 24.9. The monoisotopic (exact) mass is 614 g/mol. The smallest absolute Gasteiger partial charge is 0.326 e. The molecule has 11 nitrogen and oxygen atoms in total. The first-order valence-corrected chi connectivity index (χ1v) is 15.4. The van der Waals surface area contributed by atoms with Crippen LogP contribution in [0.2, 0.25) is 0 Å². The van der Waals surface area contributed by atoms with E-state index in [1.54, 1.807) is 18.2 Å². The average molecular weight is 615 g/mol. The van der Waals surface area contributed by atoms with Gasteiger partial charge in [-0.05, 0) is 48.2 Å². The molecule has 4 N–H and O–H groups in total. The highest BCUT2D eigenvalue weighted by molar-refractivity contribution is 5.92. The number of aromatic amines is 1. The van der Waals surface area contributed by atoms with Gasteiger partial charge < -0.3 is 34.9 Å². The van der Waals surface area contributed by atoms with E-state index in [9.17, 15) is 19.5 Å². The molecule has 45 heavy (non-hydrogen) atoms. The molecule has 2 aliphatic rings. The molecule has 0 spiro atoms. The number of aliphatic hydroxyl groups is 1. The zero-order chi connectivity index (χ0) is 31.3. The second kappa shape index (κ2) is 13.8. The lowest BCUT2D eigenvalue weighted by Gasteiger charge is -2.40. The van der Waals surface area contributed by atoms with Gasteiger partial charge in [0, 0.05) is 49.8 Å². The molecule has 0 aliphatic carbocycles. The van der Waals surface area contributed by atoms with Crippen LogP contribution >= 0.6 is 0 Å². The number of carboxylic acid groups (broad SMARTS) is 1. The number of likely N-dealkylation sites (tertiary alicyclic amines) is 1. The standard InChI is InChI=1S/C34H38N4O7/c39-21-22-8-10-23(11-9-22)30-19-27(44-33(45-30)24-4-3-5-25(18-24)35-31(40)12-13-32(41)42)20-37-16-14-26(15-17-37)38-29-7-2-1-6-28(29)36-34(38)43/h1-11,18,26-27,30,33,39H,12-17,19-21H2,(H,35,40)(H,36,43)(H,41,42)/t27-,30+,33+/m0/s1. The van der Waals surface area contributed by atoms with Crippen LogP contribution in [-0.2, 0) is 25.7 Å². The number of nitrogens with one attached hydrogen (secondary N) is 2. The minimum atomic E-state index is -1.02. The van der Waals surface area contributed by atoms with Gasteiger partial charge in [0.1, 0.15) is 0 Å². The second-order valence-corrected chi connectivity index (χ2v) is 11.8. The average Bonchev–Trinajstić information content (AvgIpc) is 3.40. The molecule has 2 saturated heterocycles. The van der Waals surface area contributed by atoms with Crippen molar-refractivity contribution in [3.05, 3.63) is 100.0 Å². The number of anilines is 1. The summed E-state index contributed by atoms with van der Waals surface area (Å²) in [7, 11) is 0. The van der Waals surface area contributed by atoms with Crippen molar-refractivity contribution in [3.8, 4) is 0 Å². The molecule has 2 fully saturated rings. The molecule has 0 bridgehead atoms. The molecule has 0 saturated carbocycles. The Morgan fingerprint density at radius 1 is 0.933 bits per heavy atom. The molecule has 236 valence electrons. The Morgan fingerprint density at radius 3 is 2.47 bits per heavy atom. The first-order valence-electron chi connectivity index (χ1n) is 15.4. The fraction of sp³-hybridized carbons (Fsp3) is 0.382. The topological polar surface area (TPSA) is 146 Å². The van der Waals surface area contributed by atoms with E-state index in [-0.39, 0.29) is 49.3 Å². The summed E-state index contributed by atoms with van der Waals surface area (Å²) in [6.45, 7) is 2.32. The molecule has 1 aromatic heterocycles. The predicted octanol–water partition coefficient (Wildman–Crippen LogP) is 4.51. The van der Waals surface area contributed by atoms with Crippen molar-refractivity contribution in [1.82, 2.24) is 14.5 Å². The molecular weight excluding hydrogens is 576 g/mol. The quantitative estimate of drug-likeness (QED) is 0.204. The third-order valence-electron chi connectivity index (χ3n) is 8.63.